The highest BCUT2D eigenvalue weighted by atomic mass is 16.5. The lowest BCUT2D eigenvalue weighted by atomic mass is 9.63. The van der Waals surface area contributed by atoms with Crippen LogP contribution < -0.4 is 10.5 Å². The van der Waals surface area contributed by atoms with E-state index in [-0.39, 0.29) is 5.54 Å². The zero-order valence-electron chi connectivity index (χ0n) is 9.12. The number of methoxy groups -OCH3 is 1. The SMILES string of the molecule is COc1cccc(C2(N)CC3(CC3)C2)c1. The van der Waals surface area contributed by atoms with E-state index in [0.29, 0.717) is 5.41 Å². The average Bonchev–Trinajstić information content (AvgIpc) is 2.97. The van der Waals surface area contributed by atoms with Gasteiger partial charge < -0.3 is 10.5 Å². The minimum Gasteiger partial charge on any atom is -0.497 e. The molecule has 3 rings (SSSR count). The van der Waals surface area contributed by atoms with Crippen molar-refractivity contribution in [3.05, 3.63) is 29.8 Å². The summed E-state index contributed by atoms with van der Waals surface area (Å²) in [6.07, 6.45) is 5.09. The van der Waals surface area contributed by atoms with Crippen LogP contribution in [0.2, 0.25) is 0 Å². The van der Waals surface area contributed by atoms with Gasteiger partial charge in [-0.2, -0.15) is 0 Å². The molecule has 1 aromatic carbocycles. The second-order valence-electron chi connectivity index (χ2n) is 5.24. The third-order valence-electron chi connectivity index (χ3n) is 3.98. The second-order valence-corrected chi connectivity index (χ2v) is 5.24. The van der Waals surface area contributed by atoms with Crippen LogP contribution in [0.4, 0.5) is 0 Å². The van der Waals surface area contributed by atoms with Gasteiger partial charge in [-0.15, -0.1) is 0 Å². The second kappa shape index (κ2) is 2.76. The smallest absolute Gasteiger partial charge is 0.119 e. The number of rotatable bonds is 2. The standard InChI is InChI=1S/C13H17NO/c1-15-11-4-2-3-10(7-11)13(14)8-12(9-13)5-6-12/h2-4,7H,5-6,8-9,14H2,1H3. The molecule has 2 fully saturated rings. The first-order valence-corrected chi connectivity index (χ1v) is 5.59. The highest BCUT2D eigenvalue weighted by Crippen LogP contribution is 2.67. The Bertz CT molecular complexity index is 387. The minimum atomic E-state index is -0.0783. The monoisotopic (exact) mass is 203 g/mol. The van der Waals surface area contributed by atoms with E-state index in [4.69, 9.17) is 10.5 Å². The summed E-state index contributed by atoms with van der Waals surface area (Å²) in [5.41, 5.74) is 8.20. The van der Waals surface area contributed by atoms with Gasteiger partial charge in [0.25, 0.3) is 0 Å². The van der Waals surface area contributed by atoms with Crippen molar-refractivity contribution in [2.24, 2.45) is 11.1 Å². The van der Waals surface area contributed by atoms with Crippen LogP contribution in [-0.4, -0.2) is 7.11 Å². The summed E-state index contributed by atoms with van der Waals surface area (Å²) in [6, 6.07) is 8.20. The molecule has 2 saturated carbocycles. The van der Waals surface area contributed by atoms with Crippen molar-refractivity contribution < 1.29 is 4.74 Å². The Morgan fingerprint density at radius 2 is 2.00 bits per heavy atom. The van der Waals surface area contributed by atoms with Crippen LogP contribution in [0.5, 0.6) is 5.75 Å². The Morgan fingerprint density at radius 1 is 1.27 bits per heavy atom. The average molecular weight is 203 g/mol. The molecule has 0 radical (unpaired) electrons. The summed E-state index contributed by atoms with van der Waals surface area (Å²) in [6.45, 7) is 0. The first kappa shape index (κ1) is 9.22. The number of ether oxygens (including phenoxy) is 1. The van der Waals surface area contributed by atoms with Crippen LogP contribution in [0.3, 0.4) is 0 Å². The molecule has 0 aromatic heterocycles. The lowest BCUT2D eigenvalue weighted by Gasteiger charge is -2.46. The molecule has 0 unspecified atom stereocenters. The molecule has 0 saturated heterocycles. The fourth-order valence-corrected chi connectivity index (χ4v) is 2.95. The van der Waals surface area contributed by atoms with E-state index >= 15 is 0 Å². The summed E-state index contributed by atoms with van der Waals surface area (Å²) in [5.74, 6) is 0.911. The topological polar surface area (TPSA) is 35.2 Å². The Morgan fingerprint density at radius 3 is 2.60 bits per heavy atom. The van der Waals surface area contributed by atoms with Gasteiger partial charge in [-0.3, -0.25) is 0 Å². The maximum Gasteiger partial charge on any atom is 0.119 e. The van der Waals surface area contributed by atoms with Crippen LogP contribution >= 0.6 is 0 Å². The molecule has 2 nitrogen and oxygen atoms in total. The van der Waals surface area contributed by atoms with E-state index in [1.54, 1.807) is 7.11 Å². The van der Waals surface area contributed by atoms with Crippen molar-refractivity contribution >= 4 is 0 Å². The van der Waals surface area contributed by atoms with Gasteiger partial charge >= 0.3 is 0 Å². The summed E-state index contributed by atoms with van der Waals surface area (Å²) in [7, 11) is 1.70. The molecule has 2 aliphatic carbocycles. The number of benzene rings is 1. The van der Waals surface area contributed by atoms with Gasteiger partial charge in [-0.05, 0) is 48.8 Å². The summed E-state index contributed by atoms with van der Waals surface area (Å²) >= 11 is 0. The van der Waals surface area contributed by atoms with Gasteiger partial charge in [0.1, 0.15) is 5.75 Å². The quantitative estimate of drug-likeness (QED) is 0.801. The fourth-order valence-electron chi connectivity index (χ4n) is 2.95. The van der Waals surface area contributed by atoms with Crippen molar-refractivity contribution in [2.75, 3.05) is 7.11 Å². The number of hydrogen-bond acceptors (Lipinski definition) is 2. The van der Waals surface area contributed by atoms with E-state index in [1.165, 1.54) is 18.4 Å². The largest absolute Gasteiger partial charge is 0.497 e. The van der Waals surface area contributed by atoms with Crippen LogP contribution in [0, 0.1) is 5.41 Å². The zero-order chi connectivity index (χ0) is 10.5. The van der Waals surface area contributed by atoms with E-state index in [0.717, 1.165) is 18.6 Å². The predicted octanol–water partition coefficient (Wildman–Crippen LogP) is 2.42. The van der Waals surface area contributed by atoms with Gasteiger partial charge in [0.15, 0.2) is 0 Å². The molecule has 0 aliphatic heterocycles. The first-order chi connectivity index (χ1) is 7.16. The van der Waals surface area contributed by atoms with E-state index in [2.05, 4.69) is 12.1 Å². The van der Waals surface area contributed by atoms with Crippen LogP contribution in [0.25, 0.3) is 0 Å². The third kappa shape index (κ3) is 1.36. The van der Waals surface area contributed by atoms with Crippen molar-refractivity contribution in [3.8, 4) is 5.75 Å². The molecule has 0 heterocycles. The van der Waals surface area contributed by atoms with E-state index in [9.17, 15) is 0 Å². The Hall–Kier alpha value is -1.02. The molecule has 0 amide bonds. The molecular weight excluding hydrogens is 186 g/mol. The molecule has 15 heavy (non-hydrogen) atoms. The van der Waals surface area contributed by atoms with Gasteiger partial charge in [0.2, 0.25) is 0 Å². The van der Waals surface area contributed by atoms with E-state index in [1.807, 2.05) is 12.1 Å². The zero-order valence-corrected chi connectivity index (χ0v) is 9.12. The molecule has 2 aliphatic rings. The number of nitrogens with two attached hydrogens (primary N) is 1. The fraction of sp³-hybridized carbons (Fsp3) is 0.538. The molecule has 2 heteroatoms. The van der Waals surface area contributed by atoms with Gasteiger partial charge in [-0.1, -0.05) is 12.1 Å². The molecule has 0 atom stereocenters. The molecular formula is C13H17NO. The highest BCUT2D eigenvalue weighted by molar-refractivity contribution is 5.37. The van der Waals surface area contributed by atoms with Gasteiger partial charge in [0.05, 0.1) is 7.11 Å². The third-order valence-corrected chi connectivity index (χ3v) is 3.98. The predicted molar refractivity (Wildman–Crippen MR) is 59.8 cm³/mol. The molecule has 1 spiro atoms. The lowest BCUT2D eigenvalue weighted by Crippen LogP contribution is -2.50. The Kier molecular flexibility index (Phi) is 1.70. The summed E-state index contributed by atoms with van der Waals surface area (Å²) in [4.78, 5) is 0. The van der Waals surface area contributed by atoms with Crippen LogP contribution in [-0.2, 0) is 5.54 Å². The molecule has 2 N–H and O–H groups in total. The molecule has 80 valence electrons. The Balaban J connectivity index is 1.86. The summed E-state index contributed by atoms with van der Waals surface area (Å²) < 4.78 is 5.23. The molecule has 1 aromatic rings. The maximum atomic E-state index is 6.41. The van der Waals surface area contributed by atoms with Gasteiger partial charge in [-0.25, -0.2) is 0 Å². The van der Waals surface area contributed by atoms with Gasteiger partial charge in [0, 0.05) is 5.54 Å². The Labute approximate surface area is 90.4 Å². The van der Waals surface area contributed by atoms with Crippen molar-refractivity contribution in [1.29, 1.82) is 0 Å². The van der Waals surface area contributed by atoms with E-state index < -0.39 is 0 Å². The summed E-state index contributed by atoms with van der Waals surface area (Å²) in [5, 5.41) is 0. The number of hydrogen-bond donors (Lipinski definition) is 1. The lowest BCUT2D eigenvalue weighted by molar-refractivity contribution is 0.125. The van der Waals surface area contributed by atoms with Crippen LogP contribution in [0.15, 0.2) is 24.3 Å². The highest BCUT2D eigenvalue weighted by Gasteiger charge is 2.59. The first-order valence-electron chi connectivity index (χ1n) is 5.59. The maximum absolute atomic E-state index is 6.41. The molecule has 0 bridgehead atoms. The minimum absolute atomic E-state index is 0.0783. The normalized spacial score (nSPS) is 24.7. The van der Waals surface area contributed by atoms with Crippen molar-refractivity contribution in [3.63, 3.8) is 0 Å². The van der Waals surface area contributed by atoms with Crippen LogP contribution in [0.1, 0.15) is 31.2 Å². The van der Waals surface area contributed by atoms with Crippen molar-refractivity contribution in [1.82, 2.24) is 0 Å². The van der Waals surface area contributed by atoms with Crippen molar-refractivity contribution in [2.45, 2.75) is 31.2 Å².